The van der Waals surface area contributed by atoms with Crippen LogP contribution in [0.1, 0.15) is 54.2 Å². The number of nitrogens with one attached hydrogen (secondary N) is 1. The molecule has 0 saturated heterocycles. The van der Waals surface area contributed by atoms with E-state index in [1.54, 1.807) is 32.9 Å². The first kappa shape index (κ1) is 24.5. The average Bonchev–Trinajstić information content (AvgIpc) is 3.20. The van der Waals surface area contributed by atoms with Crippen molar-refractivity contribution in [2.45, 2.75) is 53.2 Å². The van der Waals surface area contributed by atoms with Crippen LogP contribution >= 0.6 is 11.3 Å². The number of thiazole rings is 1. The molecule has 0 saturated carbocycles. The van der Waals surface area contributed by atoms with Gasteiger partial charge in [-0.3, -0.25) is 4.79 Å². The molecule has 0 aliphatic carbocycles. The molecule has 3 aromatic rings. The fourth-order valence-electron chi connectivity index (χ4n) is 3.19. The molecule has 6 nitrogen and oxygen atoms in total. The van der Waals surface area contributed by atoms with Gasteiger partial charge < -0.3 is 14.8 Å². The van der Waals surface area contributed by atoms with Crippen molar-refractivity contribution in [2.24, 2.45) is 0 Å². The third kappa shape index (κ3) is 6.20. The molecule has 174 valence electrons. The molecule has 0 aliphatic rings. The van der Waals surface area contributed by atoms with Crippen LogP contribution in [0, 0.1) is 6.92 Å². The van der Waals surface area contributed by atoms with Crippen molar-refractivity contribution in [1.82, 2.24) is 10.3 Å². The maximum atomic E-state index is 12.8. The maximum Gasteiger partial charge on any atom is 0.349 e. The van der Waals surface area contributed by atoms with Crippen LogP contribution in [0.3, 0.4) is 0 Å². The Morgan fingerprint density at radius 1 is 1.00 bits per heavy atom. The minimum atomic E-state index is -1.08. The molecule has 33 heavy (non-hydrogen) atoms. The van der Waals surface area contributed by atoms with E-state index in [1.807, 2.05) is 31.2 Å². The van der Waals surface area contributed by atoms with Crippen molar-refractivity contribution in [1.29, 1.82) is 0 Å². The van der Waals surface area contributed by atoms with Crippen molar-refractivity contribution in [2.75, 3.05) is 6.61 Å². The van der Waals surface area contributed by atoms with Gasteiger partial charge in [0.2, 0.25) is 0 Å². The summed E-state index contributed by atoms with van der Waals surface area (Å²) in [6, 6.07) is 15.5. The van der Waals surface area contributed by atoms with Crippen LogP contribution in [0.2, 0.25) is 0 Å². The summed E-state index contributed by atoms with van der Waals surface area (Å²) in [5.41, 5.74) is 2.84. The second-order valence-corrected chi connectivity index (χ2v) is 9.14. The van der Waals surface area contributed by atoms with E-state index in [4.69, 9.17) is 9.47 Å². The Labute approximate surface area is 199 Å². The van der Waals surface area contributed by atoms with E-state index in [2.05, 4.69) is 29.4 Å². The summed E-state index contributed by atoms with van der Waals surface area (Å²) in [4.78, 5) is 30.0. The van der Waals surface area contributed by atoms with E-state index < -0.39 is 11.6 Å². The summed E-state index contributed by atoms with van der Waals surface area (Å²) >= 11 is 1.40. The van der Waals surface area contributed by atoms with E-state index in [0.717, 1.165) is 28.2 Å². The van der Waals surface area contributed by atoms with Crippen LogP contribution < -0.4 is 10.1 Å². The van der Waals surface area contributed by atoms with Crippen molar-refractivity contribution >= 4 is 23.2 Å². The molecule has 2 aromatic carbocycles. The van der Waals surface area contributed by atoms with Crippen LogP contribution in [-0.2, 0) is 22.5 Å². The molecule has 1 N–H and O–H groups in total. The van der Waals surface area contributed by atoms with Crippen LogP contribution in [0.4, 0.5) is 0 Å². The Kier molecular flexibility index (Phi) is 7.87. The molecule has 1 aromatic heterocycles. The number of aryl methyl sites for hydroxylation is 2. The zero-order valence-electron chi connectivity index (χ0n) is 19.7. The van der Waals surface area contributed by atoms with Gasteiger partial charge in [0.1, 0.15) is 15.6 Å². The number of carbonyl (C=O) groups is 2. The van der Waals surface area contributed by atoms with Gasteiger partial charge in [0.25, 0.3) is 5.91 Å². The van der Waals surface area contributed by atoms with Crippen molar-refractivity contribution in [3.05, 3.63) is 70.2 Å². The van der Waals surface area contributed by atoms with Gasteiger partial charge >= 0.3 is 5.97 Å². The number of ether oxygens (including phenoxy) is 2. The van der Waals surface area contributed by atoms with E-state index in [-0.39, 0.29) is 5.91 Å². The predicted octanol–water partition coefficient (Wildman–Crippen LogP) is 5.33. The third-order valence-corrected chi connectivity index (χ3v) is 6.33. The lowest BCUT2D eigenvalue weighted by Crippen LogP contribution is -2.39. The number of benzene rings is 2. The predicted molar refractivity (Wildman–Crippen MR) is 131 cm³/mol. The highest BCUT2D eigenvalue weighted by Crippen LogP contribution is 2.28. The van der Waals surface area contributed by atoms with Crippen molar-refractivity contribution in [3.63, 3.8) is 0 Å². The molecule has 7 heteroatoms. The zero-order chi connectivity index (χ0) is 24.0. The molecule has 1 heterocycles. The van der Waals surface area contributed by atoms with Gasteiger partial charge in [-0.05, 0) is 57.4 Å². The largest absolute Gasteiger partial charge is 0.476 e. The first-order valence-corrected chi connectivity index (χ1v) is 11.8. The van der Waals surface area contributed by atoms with Gasteiger partial charge in [0.15, 0.2) is 5.60 Å². The number of hydrogen-bond acceptors (Lipinski definition) is 6. The summed E-state index contributed by atoms with van der Waals surface area (Å²) in [6.45, 7) is 9.75. The summed E-state index contributed by atoms with van der Waals surface area (Å²) in [5, 5.41) is 3.80. The number of nitrogens with zero attached hydrogens (tertiary/aromatic N) is 1. The highest BCUT2D eigenvalue weighted by Gasteiger charge is 2.31. The van der Waals surface area contributed by atoms with Crippen LogP contribution in [0.25, 0.3) is 10.6 Å². The summed E-state index contributed by atoms with van der Waals surface area (Å²) in [7, 11) is 0. The second kappa shape index (κ2) is 10.6. The van der Waals surface area contributed by atoms with Gasteiger partial charge in [-0.2, -0.15) is 0 Å². The number of carbonyl (C=O) groups excluding carboxylic acids is 2. The van der Waals surface area contributed by atoms with E-state index in [1.165, 1.54) is 16.9 Å². The second-order valence-electron chi connectivity index (χ2n) is 8.14. The summed E-state index contributed by atoms with van der Waals surface area (Å²) in [6.07, 6.45) is 0.987. The molecule has 0 radical (unpaired) electrons. The number of aromatic nitrogens is 1. The molecule has 0 spiro atoms. The minimum Gasteiger partial charge on any atom is -0.476 e. The molecule has 0 bridgehead atoms. The minimum absolute atomic E-state index is 0.148. The van der Waals surface area contributed by atoms with Crippen molar-refractivity contribution < 1.29 is 19.1 Å². The molecule has 0 unspecified atom stereocenters. The first-order chi connectivity index (χ1) is 15.7. The van der Waals surface area contributed by atoms with E-state index in [9.17, 15) is 9.59 Å². The monoisotopic (exact) mass is 466 g/mol. The Morgan fingerprint density at radius 3 is 2.24 bits per heavy atom. The molecule has 0 atom stereocenters. The molecule has 0 aliphatic heterocycles. The Hall–Kier alpha value is -3.19. The van der Waals surface area contributed by atoms with E-state index >= 15 is 0 Å². The van der Waals surface area contributed by atoms with Gasteiger partial charge in [-0.25, -0.2) is 9.78 Å². The van der Waals surface area contributed by atoms with Gasteiger partial charge in [-0.15, -0.1) is 11.3 Å². The number of amides is 1. The molecular formula is C26H30N2O4S. The number of rotatable bonds is 9. The quantitative estimate of drug-likeness (QED) is 0.431. The highest BCUT2D eigenvalue weighted by atomic mass is 32.1. The fraction of sp³-hybridized carbons (Fsp3) is 0.346. The standard InChI is InChI=1S/C26H30N2O4S/c1-6-18-8-12-20(13-9-18)24-28-17(3)22(33-24)23(29)27-16-19-10-14-21(15-11-19)32-26(4,5)25(30)31-7-2/h8-15H,6-7,16H2,1-5H3,(H,27,29). The Bertz CT molecular complexity index is 1100. The summed E-state index contributed by atoms with van der Waals surface area (Å²) in [5.74, 6) is -0.00712. The van der Waals surface area contributed by atoms with Gasteiger partial charge in [0, 0.05) is 12.1 Å². The number of esters is 1. The molecule has 0 fully saturated rings. The van der Waals surface area contributed by atoms with Gasteiger partial charge in [0.05, 0.1) is 12.3 Å². The number of hydrogen-bond donors (Lipinski definition) is 1. The van der Waals surface area contributed by atoms with Crippen molar-refractivity contribution in [3.8, 4) is 16.3 Å². The maximum absolute atomic E-state index is 12.8. The summed E-state index contributed by atoms with van der Waals surface area (Å²) < 4.78 is 10.8. The van der Waals surface area contributed by atoms with Crippen LogP contribution in [-0.4, -0.2) is 29.1 Å². The van der Waals surface area contributed by atoms with E-state index in [0.29, 0.717) is 23.8 Å². The smallest absolute Gasteiger partial charge is 0.349 e. The lowest BCUT2D eigenvalue weighted by Gasteiger charge is -2.24. The van der Waals surface area contributed by atoms with Gasteiger partial charge in [-0.1, -0.05) is 43.3 Å². The highest BCUT2D eigenvalue weighted by molar-refractivity contribution is 7.17. The Morgan fingerprint density at radius 2 is 1.64 bits per heavy atom. The topological polar surface area (TPSA) is 77.5 Å². The third-order valence-electron chi connectivity index (χ3n) is 5.13. The molecular weight excluding hydrogens is 436 g/mol. The van der Waals surface area contributed by atoms with Crippen LogP contribution in [0.5, 0.6) is 5.75 Å². The first-order valence-electron chi connectivity index (χ1n) is 11.0. The lowest BCUT2D eigenvalue weighted by atomic mass is 10.1. The lowest BCUT2D eigenvalue weighted by molar-refractivity contribution is -0.158. The molecule has 1 amide bonds. The zero-order valence-corrected chi connectivity index (χ0v) is 20.5. The fourth-order valence-corrected chi connectivity index (χ4v) is 4.18. The Balaban J connectivity index is 1.60. The van der Waals surface area contributed by atoms with Crippen LogP contribution in [0.15, 0.2) is 48.5 Å². The normalized spacial score (nSPS) is 11.2. The SMILES string of the molecule is CCOC(=O)C(C)(C)Oc1ccc(CNC(=O)c2sc(-c3ccc(CC)cc3)nc2C)cc1. The average molecular weight is 467 g/mol. The molecule has 3 rings (SSSR count).